The molecule has 0 bridgehead atoms. The van der Waals surface area contributed by atoms with Crippen LogP contribution >= 0.6 is 27.5 Å². The maximum atomic E-state index is 12.7. The molecule has 110 valence electrons. The molecular weight excluding hydrogens is 354 g/mol. The first-order valence-electron chi connectivity index (χ1n) is 6.51. The zero-order chi connectivity index (χ0) is 15.4. The van der Waals surface area contributed by atoms with Crippen molar-refractivity contribution in [2.24, 2.45) is 0 Å². The summed E-state index contributed by atoms with van der Waals surface area (Å²) in [4.78, 5) is 22.7. The number of aromatic nitrogens is 2. The molecule has 4 nitrogen and oxygen atoms in total. The minimum atomic E-state index is -0.158. The third-order valence-electron chi connectivity index (χ3n) is 2.98. The lowest BCUT2D eigenvalue weighted by Gasteiger charge is -2.26. The third kappa shape index (κ3) is 4.02. The van der Waals surface area contributed by atoms with Gasteiger partial charge in [0.1, 0.15) is 5.15 Å². The van der Waals surface area contributed by atoms with Gasteiger partial charge in [-0.15, -0.1) is 0 Å². The van der Waals surface area contributed by atoms with Gasteiger partial charge in [-0.3, -0.25) is 9.78 Å². The van der Waals surface area contributed by atoms with E-state index < -0.39 is 0 Å². The Labute approximate surface area is 137 Å². The Morgan fingerprint density at radius 3 is 2.76 bits per heavy atom. The number of rotatable bonds is 4. The van der Waals surface area contributed by atoms with Crippen LogP contribution in [0.2, 0.25) is 5.15 Å². The minimum Gasteiger partial charge on any atom is -0.330 e. The Morgan fingerprint density at radius 2 is 2.14 bits per heavy atom. The Hall–Kier alpha value is -1.46. The molecule has 0 spiro atoms. The molecule has 0 fully saturated rings. The molecule has 0 atom stereocenters. The van der Waals surface area contributed by atoms with Crippen molar-refractivity contribution in [2.75, 3.05) is 0 Å². The second-order valence-corrected chi connectivity index (χ2v) is 6.11. The van der Waals surface area contributed by atoms with E-state index in [4.69, 9.17) is 11.6 Å². The number of hydrogen-bond acceptors (Lipinski definition) is 3. The van der Waals surface area contributed by atoms with E-state index in [9.17, 15) is 4.79 Å². The smallest absolute Gasteiger partial charge is 0.257 e. The molecule has 0 aromatic carbocycles. The number of hydrogen-bond donors (Lipinski definition) is 0. The quantitative estimate of drug-likeness (QED) is 0.768. The lowest BCUT2D eigenvalue weighted by molar-refractivity contribution is 0.0687. The zero-order valence-electron chi connectivity index (χ0n) is 11.8. The largest absolute Gasteiger partial charge is 0.330 e. The minimum absolute atomic E-state index is 0.0227. The summed E-state index contributed by atoms with van der Waals surface area (Å²) in [6, 6.07) is 7.35. The van der Waals surface area contributed by atoms with Gasteiger partial charge < -0.3 is 4.90 Å². The average Bonchev–Trinajstić information content (AvgIpc) is 2.47. The van der Waals surface area contributed by atoms with Gasteiger partial charge in [0.15, 0.2) is 0 Å². The van der Waals surface area contributed by atoms with Crippen molar-refractivity contribution in [3.63, 3.8) is 0 Å². The SMILES string of the molecule is CC(C)N(Cc1ccccn1)C(=O)c1cc(Br)cnc1Cl. The molecule has 1 amide bonds. The molecule has 0 radical (unpaired) electrons. The van der Waals surface area contributed by atoms with E-state index in [-0.39, 0.29) is 17.1 Å². The first-order chi connectivity index (χ1) is 9.99. The van der Waals surface area contributed by atoms with Gasteiger partial charge in [0.2, 0.25) is 0 Å². The van der Waals surface area contributed by atoms with E-state index >= 15 is 0 Å². The van der Waals surface area contributed by atoms with E-state index in [1.807, 2.05) is 32.0 Å². The van der Waals surface area contributed by atoms with Crippen molar-refractivity contribution >= 4 is 33.4 Å². The maximum absolute atomic E-state index is 12.7. The van der Waals surface area contributed by atoms with Crippen LogP contribution in [0.5, 0.6) is 0 Å². The van der Waals surface area contributed by atoms with E-state index in [1.165, 1.54) is 0 Å². The van der Waals surface area contributed by atoms with Gasteiger partial charge in [-0.05, 0) is 48.0 Å². The first kappa shape index (κ1) is 15.9. The standard InChI is InChI=1S/C15H15BrClN3O/c1-10(2)20(9-12-5-3-4-6-18-12)15(21)13-7-11(16)8-19-14(13)17/h3-8,10H,9H2,1-2H3. The van der Waals surface area contributed by atoms with Crippen molar-refractivity contribution in [1.29, 1.82) is 0 Å². The monoisotopic (exact) mass is 367 g/mol. The van der Waals surface area contributed by atoms with E-state index in [0.29, 0.717) is 12.1 Å². The summed E-state index contributed by atoms with van der Waals surface area (Å²) in [6.45, 7) is 4.35. The average molecular weight is 369 g/mol. The van der Waals surface area contributed by atoms with Gasteiger partial charge in [0.05, 0.1) is 17.8 Å². The highest BCUT2D eigenvalue weighted by atomic mass is 79.9. The first-order valence-corrected chi connectivity index (χ1v) is 7.68. The number of carbonyl (C=O) groups excluding carboxylic acids is 1. The van der Waals surface area contributed by atoms with Gasteiger partial charge in [-0.25, -0.2) is 4.98 Å². The van der Waals surface area contributed by atoms with Crippen molar-refractivity contribution in [2.45, 2.75) is 26.4 Å². The molecular formula is C15H15BrClN3O. The fraction of sp³-hybridized carbons (Fsp3) is 0.267. The normalized spacial score (nSPS) is 10.7. The van der Waals surface area contributed by atoms with E-state index in [0.717, 1.165) is 10.2 Å². The fourth-order valence-corrected chi connectivity index (χ4v) is 2.40. The van der Waals surface area contributed by atoms with E-state index in [1.54, 1.807) is 23.4 Å². The number of carbonyl (C=O) groups is 1. The van der Waals surface area contributed by atoms with Crippen LogP contribution in [0.1, 0.15) is 29.9 Å². The molecule has 2 rings (SSSR count). The molecule has 0 saturated heterocycles. The second kappa shape index (κ2) is 7.00. The van der Waals surface area contributed by atoms with Crippen molar-refractivity contribution in [1.82, 2.24) is 14.9 Å². The van der Waals surface area contributed by atoms with E-state index in [2.05, 4.69) is 25.9 Å². The Kier molecular flexibility index (Phi) is 5.31. The van der Waals surface area contributed by atoms with Crippen LogP contribution in [-0.2, 0) is 6.54 Å². The second-order valence-electron chi connectivity index (χ2n) is 4.84. The third-order valence-corrected chi connectivity index (χ3v) is 3.71. The lowest BCUT2D eigenvalue weighted by atomic mass is 10.2. The molecule has 2 heterocycles. The van der Waals surface area contributed by atoms with Gasteiger partial charge in [0.25, 0.3) is 5.91 Å². The number of pyridine rings is 2. The lowest BCUT2D eigenvalue weighted by Crippen LogP contribution is -2.36. The molecule has 0 aliphatic rings. The summed E-state index contributed by atoms with van der Waals surface area (Å²) < 4.78 is 0.719. The molecule has 0 saturated carbocycles. The fourth-order valence-electron chi connectivity index (χ4n) is 1.88. The molecule has 2 aromatic rings. The Bertz CT molecular complexity index is 634. The van der Waals surface area contributed by atoms with Crippen LogP contribution in [0.25, 0.3) is 0 Å². The summed E-state index contributed by atoms with van der Waals surface area (Å²) in [5.74, 6) is -0.158. The molecule has 21 heavy (non-hydrogen) atoms. The molecule has 0 N–H and O–H groups in total. The molecule has 6 heteroatoms. The summed E-state index contributed by atoms with van der Waals surface area (Å²) >= 11 is 9.36. The van der Waals surface area contributed by atoms with Crippen LogP contribution in [0.4, 0.5) is 0 Å². The number of nitrogens with zero attached hydrogens (tertiary/aromatic N) is 3. The van der Waals surface area contributed by atoms with Gasteiger partial charge >= 0.3 is 0 Å². The van der Waals surface area contributed by atoms with Gasteiger partial charge in [-0.1, -0.05) is 17.7 Å². The summed E-state index contributed by atoms with van der Waals surface area (Å²) in [5.41, 5.74) is 1.22. The predicted octanol–water partition coefficient (Wildman–Crippen LogP) is 3.94. The Morgan fingerprint density at radius 1 is 1.38 bits per heavy atom. The van der Waals surface area contributed by atoms with Crippen LogP contribution in [-0.4, -0.2) is 26.8 Å². The topological polar surface area (TPSA) is 46.1 Å². The van der Waals surface area contributed by atoms with Crippen LogP contribution < -0.4 is 0 Å². The van der Waals surface area contributed by atoms with Crippen LogP contribution in [0.3, 0.4) is 0 Å². The zero-order valence-corrected chi connectivity index (χ0v) is 14.1. The summed E-state index contributed by atoms with van der Waals surface area (Å²) in [6.07, 6.45) is 3.28. The van der Waals surface area contributed by atoms with Crippen molar-refractivity contribution in [3.05, 3.63) is 57.5 Å². The highest BCUT2D eigenvalue weighted by Gasteiger charge is 2.22. The molecule has 0 aliphatic heterocycles. The van der Waals surface area contributed by atoms with Crippen molar-refractivity contribution in [3.8, 4) is 0 Å². The predicted molar refractivity (Wildman–Crippen MR) is 86.2 cm³/mol. The van der Waals surface area contributed by atoms with Gasteiger partial charge in [-0.2, -0.15) is 0 Å². The molecule has 0 aliphatic carbocycles. The molecule has 2 aromatic heterocycles. The van der Waals surface area contributed by atoms with Crippen LogP contribution in [0, 0.1) is 0 Å². The van der Waals surface area contributed by atoms with Gasteiger partial charge in [0, 0.05) is 22.9 Å². The van der Waals surface area contributed by atoms with Crippen molar-refractivity contribution < 1.29 is 4.79 Å². The van der Waals surface area contributed by atoms with Crippen LogP contribution in [0.15, 0.2) is 41.1 Å². The Balaban J connectivity index is 2.30. The highest BCUT2D eigenvalue weighted by Crippen LogP contribution is 2.21. The maximum Gasteiger partial charge on any atom is 0.257 e. The highest BCUT2D eigenvalue weighted by molar-refractivity contribution is 9.10. The molecule has 0 unspecified atom stereocenters. The summed E-state index contributed by atoms with van der Waals surface area (Å²) in [5, 5.41) is 0.204. The number of halogens is 2. The number of amides is 1. The summed E-state index contributed by atoms with van der Waals surface area (Å²) in [7, 11) is 0.